The third-order valence-corrected chi connectivity index (χ3v) is 3.72. The smallest absolute Gasteiger partial charge is 0.263 e. The summed E-state index contributed by atoms with van der Waals surface area (Å²) in [7, 11) is 0. The van der Waals surface area contributed by atoms with Gasteiger partial charge in [-0.15, -0.1) is 0 Å². The van der Waals surface area contributed by atoms with E-state index >= 15 is 0 Å². The van der Waals surface area contributed by atoms with E-state index in [1.807, 2.05) is 6.92 Å². The molecule has 1 aliphatic heterocycles. The van der Waals surface area contributed by atoms with E-state index in [0.717, 1.165) is 31.7 Å². The Labute approximate surface area is 118 Å². The highest BCUT2D eigenvalue weighted by Crippen LogP contribution is 2.25. The molecule has 1 fully saturated rings. The summed E-state index contributed by atoms with van der Waals surface area (Å²) in [5.41, 5.74) is 6.94. The van der Waals surface area contributed by atoms with E-state index in [9.17, 15) is 8.78 Å². The van der Waals surface area contributed by atoms with Crippen molar-refractivity contribution in [2.45, 2.75) is 31.9 Å². The van der Waals surface area contributed by atoms with Crippen LogP contribution < -0.4 is 5.73 Å². The van der Waals surface area contributed by atoms with Crippen LogP contribution in [-0.2, 0) is 4.74 Å². The summed E-state index contributed by atoms with van der Waals surface area (Å²) in [4.78, 5) is 2.29. The molecule has 1 saturated heterocycles. The lowest BCUT2D eigenvalue weighted by Crippen LogP contribution is -2.37. The third kappa shape index (κ3) is 3.75. The first-order valence-corrected chi connectivity index (χ1v) is 7.05. The maximum Gasteiger partial charge on any atom is 0.263 e. The van der Waals surface area contributed by atoms with Gasteiger partial charge in [-0.1, -0.05) is 24.3 Å². The molecular weight excluding hydrogens is 262 g/mol. The Morgan fingerprint density at radius 2 is 1.95 bits per heavy atom. The van der Waals surface area contributed by atoms with Gasteiger partial charge in [-0.2, -0.15) is 0 Å². The molecule has 0 radical (unpaired) electrons. The first kappa shape index (κ1) is 15.4. The normalized spacial score (nSPS) is 22.8. The minimum atomic E-state index is -2.42. The van der Waals surface area contributed by atoms with E-state index in [1.54, 1.807) is 12.1 Å². The molecule has 20 heavy (non-hydrogen) atoms. The van der Waals surface area contributed by atoms with Gasteiger partial charge in [0.2, 0.25) is 0 Å². The SMILES string of the molecule is CC1CN(C(CN)c2ccc(C(F)F)cc2)CCCO1. The van der Waals surface area contributed by atoms with Crippen LogP contribution in [-0.4, -0.2) is 37.2 Å². The van der Waals surface area contributed by atoms with Crippen LogP contribution in [0.2, 0.25) is 0 Å². The van der Waals surface area contributed by atoms with Gasteiger partial charge in [0.25, 0.3) is 6.43 Å². The molecule has 2 N–H and O–H groups in total. The Morgan fingerprint density at radius 1 is 1.30 bits per heavy atom. The molecule has 1 aliphatic rings. The molecular formula is C15H22F2N2O. The van der Waals surface area contributed by atoms with E-state index in [4.69, 9.17) is 10.5 Å². The van der Waals surface area contributed by atoms with Crippen molar-refractivity contribution in [3.05, 3.63) is 35.4 Å². The zero-order valence-corrected chi connectivity index (χ0v) is 11.8. The standard InChI is InChI=1S/C15H22F2N2O/c1-11-10-19(7-2-8-20-11)14(9-18)12-3-5-13(6-4-12)15(16)17/h3-6,11,14-15H,2,7-10,18H2,1H3. The molecule has 0 aromatic heterocycles. The highest BCUT2D eigenvalue weighted by atomic mass is 19.3. The van der Waals surface area contributed by atoms with Gasteiger partial charge in [0.05, 0.1) is 6.10 Å². The molecule has 1 aromatic rings. The summed E-state index contributed by atoms with van der Waals surface area (Å²) in [6, 6.07) is 6.55. The minimum absolute atomic E-state index is 0.0529. The predicted octanol–water partition coefficient (Wildman–Crippen LogP) is 2.73. The van der Waals surface area contributed by atoms with Crippen molar-refractivity contribution >= 4 is 0 Å². The van der Waals surface area contributed by atoms with E-state index < -0.39 is 6.43 Å². The molecule has 0 saturated carbocycles. The Bertz CT molecular complexity index is 411. The molecule has 1 heterocycles. The monoisotopic (exact) mass is 284 g/mol. The Hall–Kier alpha value is -1.04. The zero-order valence-electron chi connectivity index (χ0n) is 11.8. The molecule has 3 nitrogen and oxygen atoms in total. The van der Waals surface area contributed by atoms with Gasteiger partial charge >= 0.3 is 0 Å². The van der Waals surface area contributed by atoms with Crippen LogP contribution in [0.4, 0.5) is 8.78 Å². The van der Waals surface area contributed by atoms with Crippen LogP contribution in [0.5, 0.6) is 0 Å². The number of rotatable bonds is 4. The van der Waals surface area contributed by atoms with E-state index in [1.165, 1.54) is 12.1 Å². The average molecular weight is 284 g/mol. The molecule has 2 unspecified atom stereocenters. The van der Waals surface area contributed by atoms with Crippen LogP contribution in [0, 0.1) is 0 Å². The molecule has 112 valence electrons. The predicted molar refractivity (Wildman–Crippen MR) is 74.8 cm³/mol. The number of benzene rings is 1. The number of hydrogen-bond acceptors (Lipinski definition) is 3. The largest absolute Gasteiger partial charge is 0.377 e. The van der Waals surface area contributed by atoms with Crippen molar-refractivity contribution < 1.29 is 13.5 Å². The molecule has 2 rings (SSSR count). The van der Waals surface area contributed by atoms with Crippen molar-refractivity contribution in [1.29, 1.82) is 0 Å². The molecule has 0 aliphatic carbocycles. The number of nitrogens with two attached hydrogens (primary N) is 1. The molecule has 2 atom stereocenters. The maximum atomic E-state index is 12.6. The first-order valence-electron chi connectivity index (χ1n) is 7.05. The summed E-state index contributed by atoms with van der Waals surface area (Å²) < 4.78 is 30.8. The summed E-state index contributed by atoms with van der Waals surface area (Å²) in [6.45, 7) is 5.02. The number of halogens is 2. The second kappa shape index (κ2) is 7.11. The second-order valence-electron chi connectivity index (χ2n) is 5.25. The lowest BCUT2D eigenvalue weighted by Gasteiger charge is -2.31. The Morgan fingerprint density at radius 3 is 2.55 bits per heavy atom. The molecule has 0 bridgehead atoms. The topological polar surface area (TPSA) is 38.5 Å². The molecule has 1 aromatic carbocycles. The van der Waals surface area contributed by atoms with Crippen LogP contribution >= 0.6 is 0 Å². The Kier molecular flexibility index (Phi) is 5.46. The minimum Gasteiger partial charge on any atom is -0.377 e. The first-order chi connectivity index (χ1) is 9.61. The molecule has 0 amide bonds. The van der Waals surface area contributed by atoms with Crippen LogP contribution in [0.25, 0.3) is 0 Å². The quantitative estimate of drug-likeness (QED) is 0.924. The van der Waals surface area contributed by atoms with Gasteiger partial charge in [-0.3, -0.25) is 4.90 Å². The van der Waals surface area contributed by atoms with Crippen LogP contribution in [0.3, 0.4) is 0 Å². The van der Waals surface area contributed by atoms with Crippen molar-refractivity contribution in [2.24, 2.45) is 5.73 Å². The molecule has 5 heteroatoms. The van der Waals surface area contributed by atoms with Gasteiger partial charge in [0, 0.05) is 37.8 Å². The lowest BCUT2D eigenvalue weighted by atomic mass is 10.0. The summed E-state index contributed by atoms with van der Waals surface area (Å²) in [6.07, 6.45) is -1.28. The number of nitrogens with zero attached hydrogens (tertiary/aromatic N) is 1. The fourth-order valence-electron chi connectivity index (χ4n) is 2.67. The lowest BCUT2D eigenvalue weighted by molar-refractivity contribution is 0.0612. The van der Waals surface area contributed by atoms with Crippen molar-refractivity contribution in [3.8, 4) is 0 Å². The van der Waals surface area contributed by atoms with Crippen molar-refractivity contribution in [3.63, 3.8) is 0 Å². The fraction of sp³-hybridized carbons (Fsp3) is 0.600. The number of hydrogen-bond donors (Lipinski definition) is 1. The third-order valence-electron chi connectivity index (χ3n) is 3.72. The van der Waals surface area contributed by atoms with Crippen molar-refractivity contribution in [2.75, 3.05) is 26.2 Å². The Balaban J connectivity index is 2.13. The van der Waals surface area contributed by atoms with Gasteiger partial charge in [0.15, 0.2) is 0 Å². The van der Waals surface area contributed by atoms with E-state index in [0.29, 0.717) is 6.54 Å². The summed E-state index contributed by atoms with van der Waals surface area (Å²) in [5, 5.41) is 0. The van der Waals surface area contributed by atoms with Gasteiger partial charge < -0.3 is 10.5 Å². The van der Waals surface area contributed by atoms with E-state index in [2.05, 4.69) is 4.90 Å². The maximum absolute atomic E-state index is 12.6. The zero-order chi connectivity index (χ0) is 14.5. The number of ether oxygens (including phenoxy) is 1. The van der Waals surface area contributed by atoms with Gasteiger partial charge in [-0.25, -0.2) is 8.78 Å². The fourth-order valence-corrected chi connectivity index (χ4v) is 2.67. The summed E-state index contributed by atoms with van der Waals surface area (Å²) >= 11 is 0. The second-order valence-corrected chi connectivity index (χ2v) is 5.25. The van der Waals surface area contributed by atoms with Crippen LogP contribution in [0.15, 0.2) is 24.3 Å². The van der Waals surface area contributed by atoms with Crippen LogP contribution in [0.1, 0.15) is 36.9 Å². The highest BCUT2D eigenvalue weighted by molar-refractivity contribution is 5.26. The van der Waals surface area contributed by atoms with Gasteiger partial charge in [-0.05, 0) is 18.9 Å². The summed E-state index contributed by atoms with van der Waals surface area (Å²) in [5.74, 6) is 0. The van der Waals surface area contributed by atoms with E-state index in [-0.39, 0.29) is 17.7 Å². The molecule has 0 spiro atoms. The van der Waals surface area contributed by atoms with Gasteiger partial charge in [0.1, 0.15) is 0 Å². The highest BCUT2D eigenvalue weighted by Gasteiger charge is 2.23. The average Bonchev–Trinajstić information content (AvgIpc) is 2.65. The van der Waals surface area contributed by atoms with Crippen molar-refractivity contribution in [1.82, 2.24) is 4.90 Å². The number of alkyl halides is 2.